The van der Waals surface area contributed by atoms with E-state index < -0.39 is 0 Å². The first kappa shape index (κ1) is 39.5. The van der Waals surface area contributed by atoms with E-state index in [-0.39, 0.29) is 32.9 Å². The van der Waals surface area contributed by atoms with Gasteiger partial charge in [0.05, 0.1) is 12.8 Å². The summed E-state index contributed by atoms with van der Waals surface area (Å²) in [5.74, 6) is 5.30. The fourth-order valence-electron chi connectivity index (χ4n) is 8.70. The minimum Gasteiger partial charge on any atom is -0.509 e. The minimum atomic E-state index is 0. The number of aryl methyl sites for hydroxylation is 1. The van der Waals surface area contributed by atoms with Crippen LogP contribution in [-0.4, -0.2) is 26.4 Å². The molecule has 0 aliphatic heterocycles. The van der Waals surface area contributed by atoms with E-state index in [4.69, 9.17) is 19.6 Å². The number of aromatic nitrogens is 4. The van der Waals surface area contributed by atoms with Crippen LogP contribution in [0.15, 0.2) is 78.0 Å². The van der Waals surface area contributed by atoms with Crippen LogP contribution in [0.1, 0.15) is 116 Å². The molecule has 1 aliphatic rings. The van der Waals surface area contributed by atoms with E-state index in [0.717, 1.165) is 51.9 Å². The Kier molecular flexibility index (Phi) is 11.6. The molecule has 0 bridgehead atoms. The molecule has 7 rings (SSSR count). The van der Waals surface area contributed by atoms with E-state index in [0.29, 0.717) is 35.2 Å². The molecule has 54 heavy (non-hydrogen) atoms. The number of methoxy groups -OCH3 is 1. The number of pyridine rings is 1. The van der Waals surface area contributed by atoms with Crippen LogP contribution in [0.4, 0.5) is 0 Å². The van der Waals surface area contributed by atoms with Gasteiger partial charge < -0.3 is 14.0 Å². The summed E-state index contributed by atoms with van der Waals surface area (Å²) in [5.41, 5.74) is 11.0. The number of ether oxygens (including phenoxy) is 2. The van der Waals surface area contributed by atoms with Gasteiger partial charge in [-0.1, -0.05) is 103 Å². The second-order valence-electron chi connectivity index (χ2n) is 15.8. The Morgan fingerprint density at radius 2 is 1.59 bits per heavy atom. The van der Waals surface area contributed by atoms with Crippen LogP contribution in [0.25, 0.3) is 33.3 Å². The van der Waals surface area contributed by atoms with E-state index in [1.807, 2.05) is 18.2 Å². The average Bonchev–Trinajstić information content (AvgIpc) is 3.70. The monoisotopic (exact) mass is 901 g/mol. The van der Waals surface area contributed by atoms with Gasteiger partial charge in [0, 0.05) is 46.5 Å². The summed E-state index contributed by atoms with van der Waals surface area (Å²) < 4.78 is 16.6. The molecule has 7 heteroatoms. The Balaban J connectivity index is 0.00000497. The molecule has 0 spiro atoms. The Labute approximate surface area is 336 Å². The van der Waals surface area contributed by atoms with Gasteiger partial charge in [-0.25, -0.2) is 4.98 Å². The quantitative estimate of drug-likeness (QED) is 0.102. The number of allylic oxidation sites excluding steroid dienone is 2. The van der Waals surface area contributed by atoms with Crippen molar-refractivity contribution >= 4 is 21.8 Å². The molecule has 0 fully saturated rings. The zero-order valence-electron chi connectivity index (χ0n) is 33.7. The first-order chi connectivity index (χ1) is 25.4. The van der Waals surface area contributed by atoms with Crippen LogP contribution in [0.2, 0.25) is 0 Å². The number of benzene rings is 3. The molecule has 6 aromatic rings. The first-order valence-corrected chi connectivity index (χ1v) is 19.4. The van der Waals surface area contributed by atoms with Crippen LogP contribution >= 0.6 is 0 Å². The van der Waals surface area contributed by atoms with Gasteiger partial charge in [0.15, 0.2) is 0 Å². The molecule has 3 aromatic heterocycles. The van der Waals surface area contributed by atoms with Crippen LogP contribution in [-0.2, 0) is 27.5 Å². The van der Waals surface area contributed by atoms with Crippen molar-refractivity contribution in [3.8, 4) is 28.8 Å². The maximum atomic E-state index is 6.72. The first-order valence-electron chi connectivity index (χ1n) is 19.4. The summed E-state index contributed by atoms with van der Waals surface area (Å²) in [7, 11) is 1.68. The standard InChI is InChI=1S/C47H54N4O2.Pt/c1-12-15-34-22-35(51-47(28(4)5)45(46(49-51)27(2)3)44-32(9)30(7)29(6)31(8)33(44)10)24-38(23-34)53-37-18-19-40-39-16-13-14-17-41(39)50(42(40)25-37)43-26-36(52-11)20-21-48-43;/h13-14,16-23,26-30,32,44H,12,15H2,1-11H3;/q-2;+2/t29-,30+,32+,44?;/m1./s1. The minimum absolute atomic E-state index is 0. The molecule has 0 saturated carbocycles. The molecule has 0 saturated heterocycles. The van der Waals surface area contributed by atoms with Crippen molar-refractivity contribution in [2.24, 2.45) is 17.8 Å². The predicted octanol–water partition coefficient (Wildman–Crippen LogP) is 12.3. The summed E-state index contributed by atoms with van der Waals surface area (Å²) in [6, 6.07) is 28.0. The summed E-state index contributed by atoms with van der Waals surface area (Å²) in [6.07, 6.45) is 3.72. The molecular weight excluding hydrogens is 848 g/mol. The van der Waals surface area contributed by atoms with Crippen LogP contribution < -0.4 is 9.47 Å². The van der Waals surface area contributed by atoms with Gasteiger partial charge in [-0.2, -0.15) is 16.7 Å². The summed E-state index contributed by atoms with van der Waals surface area (Å²) >= 11 is 0. The normalized spacial score (nSPS) is 18.9. The van der Waals surface area contributed by atoms with Gasteiger partial charge in [0.25, 0.3) is 0 Å². The third kappa shape index (κ3) is 6.96. The number of fused-ring (bicyclic) bond motifs is 3. The van der Waals surface area contributed by atoms with Crippen molar-refractivity contribution < 1.29 is 30.5 Å². The Morgan fingerprint density at radius 1 is 0.833 bits per heavy atom. The fraction of sp³-hybridized carbons (Fsp3) is 0.404. The molecule has 284 valence electrons. The zero-order valence-corrected chi connectivity index (χ0v) is 35.9. The Morgan fingerprint density at radius 3 is 2.30 bits per heavy atom. The van der Waals surface area contributed by atoms with E-state index in [1.54, 1.807) is 13.3 Å². The third-order valence-electron chi connectivity index (χ3n) is 11.9. The van der Waals surface area contributed by atoms with E-state index in [9.17, 15) is 0 Å². The molecule has 0 N–H and O–H groups in total. The van der Waals surface area contributed by atoms with E-state index >= 15 is 0 Å². The van der Waals surface area contributed by atoms with Crippen molar-refractivity contribution in [1.29, 1.82) is 0 Å². The smallest absolute Gasteiger partial charge is 0.509 e. The number of rotatable bonds is 10. The topological polar surface area (TPSA) is 54.1 Å². The second-order valence-corrected chi connectivity index (χ2v) is 15.8. The third-order valence-corrected chi connectivity index (χ3v) is 11.9. The SMILES string of the molecule is CCCc1cc(Oc2[c-]c3c(cc2)c2ccccc2n3-c2cc(OC)ccn2)[c-]c(-n2nc(C(C)C)c(C3C(C)=C(C)[C@H](C)[C@H](C)[C@@H]3C)c2C(C)C)c1.[Pt+2]. The van der Waals surface area contributed by atoms with Gasteiger partial charge >= 0.3 is 21.1 Å². The molecule has 3 heterocycles. The predicted molar refractivity (Wildman–Crippen MR) is 217 cm³/mol. The van der Waals surface area contributed by atoms with Gasteiger partial charge in [-0.3, -0.25) is 4.68 Å². The number of nitrogens with zero attached hydrogens (tertiary/aromatic N) is 4. The number of hydrogen-bond acceptors (Lipinski definition) is 4. The molecule has 6 nitrogen and oxygen atoms in total. The van der Waals surface area contributed by atoms with Gasteiger partial charge in [-0.05, 0) is 66.6 Å². The molecule has 0 amide bonds. The largest absolute Gasteiger partial charge is 2.00 e. The van der Waals surface area contributed by atoms with E-state index in [2.05, 4.69) is 133 Å². The van der Waals surface area contributed by atoms with Crippen molar-refractivity contribution in [2.45, 2.75) is 99.8 Å². The summed E-state index contributed by atoms with van der Waals surface area (Å²) in [5, 5.41) is 7.67. The number of para-hydroxylation sites is 1. The molecule has 1 unspecified atom stereocenters. The summed E-state index contributed by atoms with van der Waals surface area (Å²) in [6.45, 7) is 23.4. The van der Waals surface area contributed by atoms with Crippen molar-refractivity contribution in [1.82, 2.24) is 19.3 Å². The maximum absolute atomic E-state index is 6.72. The van der Waals surface area contributed by atoms with Crippen molar-refractivity contribution in [2.75, 3.05) is 7.11 Å². The van der Waals surface area contributed by atoms with Crippen molar-refractivity contribution in [3.05, 3.63) is 113 Å². The Hall–Kier alpha value is -4.15. The van der Waals surface area contributed by atoms with Crippen molar-refractivity contribution in [3.63, 3.8) is 0 Å². The molecular formula is C47H54N4O2Pt. The number of hydrogen-bond donors (Lipinski definition) is 0. The zero-order chi connectivity index (χ0) is 37.7. The van der Waals surface area contributed by atoms with Crippen LogP contribution in [0.5, 0.6) is 17.2 Å². The fourth-order valence-corrected chi connectivity index (χ4v) is 8.70. The van der Waals surface area contributed by atoms with Gasteiger partial charge in [0.2, 0.25) is 0 Å². The average molecular weight is 902 g/mol. The Bertz CT molecular complexity index is 2330. The van der Waals surface area contributed by atoms with Crippen LogP contribution in [0, 0.1) is 29.9 Å². The molecule has 1 aliphatic carbocycles. The van der Waals surface area contributed by atoms with Gasteiger partial charge in [-0.15, -0.1) is 35.7 Å². The molecule has 4 atom stereocenters. The van der Waals surface area contributed by atoms with Gasteiger partial charge in [0.1, 0.15) is 11.6 Å². The molecule has 0 radical (unpaired) electrons. The summed E-state index contributed by atoms with van der Waals surface area (Å²) in [4.78, 5) is 4.72. The maximum Gasteiger partial charge on any atom is 2.00 e. The van der Waals surface area contributed by atoms with E-state index in [1.165, 1.54) is 33.7 Å². The second kappa shape index (κ2) is 15.9. The molecule has 3 aromatic carbocycles. The van der Waals surface area contributed by atoms with Crippen LogP contribution in [0.3, 0.4) is 0 Å².